The largest absolute Gasteiger partial charge is 0.317 e. The van der Waals surface area contributed by atoms with Crippen molar-refractivity contribution in [3.8, 4) is 0 Å². The topological polar surface area (TPSA) is 15.3 Å². The fourth-order valence-electron chi connectivity index (χ4n) is 2.61. The Labute approximate surface area is 119 Å². The Hall–Kier alpha value is -1.21. The van der Waals surface area contributed by atoms with Gasteiger partial charge in [0.25, 0.3) is 0 Å². The molecule has 1 aromatic carbocycles. The van der Waals surface area contributed by atoms with E-state index in [-0.39, 0.29) is 12.6 Å². The highest BCUT2D eigenvalue weighted by Gasteiger charge is 2.27. The van der Waals surface area contributed by atoms with E-state index in [0.717, 1.165) is 32.4 Å². The van der Waals surface area contributed by atoms with Gasteiger partial charge in [0, 0.05) is 18.2 Å². The Balaban J connectivity index is 2.22. The van der Waals surface area contributed by atoms with Crippen molar-refractivity contribution in [1.29, 1.82) is 0 Å². The summed E-state index contributed by atoms with van der Waals surface area (Å²) in [6, 6.07) is 0.0509. The predicted octanol–water partition coefficient (Wildman–Crippen LogP) is 2.96. The Bertz CT molecular complexity index is 484. The molecule has 7 heteroatoms. The van der Waals surface area contributed by atoms with Crippen molar-refractivity contribution in [2.75, 3.05) is 20.1 Å². The first kappa shape index (κ1) is 16.2. The zero-order valence-electron chi connectivity index (χ0n) is 11.7. The molecule has 0 spiro atoms. The van der Waals surface area contributed by atoms with Gasteiger partial charge in [-0.2, -0.15) is 0 Å². The van der Waals surface area contributed by atoms with Crippen molar-refractivity contribution in [3.63, 3.8) is 0 Å². The maximum absolute atomic E-state index is 13.7. The van der Waals surface area contributed by atoms with Crippen LogP contribution in [0.1, 0.15) is 24.8 Å². The fourth-order valence-corrected chi connectivity index (χ4v) is 2.61. The number of nitrogens with zero attached hydrogens (tertiary/aromatic N) is 1. The summed E-state index contributed by atoms with van der Waals surface area (Å²) in [4.78, 5) is 1.64. The number of hydrogen-bond donors (Lipinski definition) is 1. The van der Waals surface area contributed by atoms with Gasteiger partial charge in [0.1, 0.15) is 0 Å². The number of benzene rings is 1. The van der Waals surface area contributed by atoms with E-state index < -0.39 is 34.6 Å². The summed E-state index contributed by atoms with van der Waals surface area (Å²) >= 11 is 0. The lowest BCUT2D eigenvalue weighted by Gasteiger charge is -2.27. The van der Waals surface area contributed by atoms with Crippen molar-refractivity contribution in [2.24, 2.45) is 0 Å². The molecule has 0 bridgehead atoms. The van der Waals surface area contributed by atoms with Gasteiger partial charge in [0.15, 0.2) is 23.3 Å². The molecule has 1 unspecified atom stereocenters. The summed E-state index contributed by atoms with van der Waals surface area (Å²) in [6.45, 7) is 1.33. The third kappa shape index (κ3) is 3.35. The Kier molecular flexibility index (Phi) is 5.16. The second-order valence-corrected chi connectivity index (χ2v) is 5.30. The molecule has 2 nitrogen and oxygen atoms in total. The minimum Gasteiger partial charge on any atom is -0.317 e. The van der Waals surface area contributed by atoms with Crippen LogP contribution in [0.5, 0.6) is 0 Å². The van der Waals surface area contributed by atoms with Gasteiger partial charge < -0.3 is 5.32 Å². The van der Waals surface area contributed by atoms with Crippen LogP contribution in [-0.2, 0) is 6.54 Å². The van der Waals surface area contributed by atoms with Crippen molar-refractivity contribution >= 4 is 0 Å². The molecule has 0 aliphatic carbocycles. The average molecular weight is 308 g/mol. The molecule has 0 amide bonds. The lowest BCUT2D eigenvalue weighted by Crippen LogP contribution is -2.33. The zero-order valence-corrected chi connectivity index (χ0v) is 11.7. The number of hydrogen-bond acceptors (Lipinski definition) is 2. The molecular weight excluding hydrogens is 291 g/mol. The molecule has 2 rings (SSSR count). The van der Waals surface area contributed by atoms with E-state index in [4.69, 9.17) is 0 Å². The molecule has 1 N–H and O–H groups in total. The second kappa shape index (κ2) is 6.70. The maximum Gasteiger partial charge on any atom is 0.200 e. The van der Waals surface area contributed by atoms with Crippen LogP contribution in [-0.4, -0.2) is 31.1 Å². The van der Waals surface area contributed by atoms with E-state index in [9.17, 15) is 22.0 Å². The SMILES string of the molecule is CN(Cc1c(F)c(F)c(F)c(F)c1F)C1CCCNCC1. The zero-order chi connectivity index (χ0) is 15.6. The molecule has 118 valence electrons. The first-order valence-electron chi connectivity index (χ1n) is 6.84. The monoisotopic (exact) mass is 308 g/mol. The third-order valence-corrected chi connectivity index (χ3v) is 3.88. The molecule has 1 heterocycles. The van der Waals surface area contributed by atoms with Crippen molar-refractivity contribution in [3.05, 3.63) is 34.6 Å². The van der Waals surface area contributed by atoms with Crippen molar-refractivity contribution in [1.82, 2.24) is 10.2 Å². The highest BCUT2D eigenvalue weighted by molar-refractivity contribution is 5.24. The summed E-state index contributed by atoms with van der Waals surface area (Å²) in [5.41, 5.74) is -0.772. The third-order valence-electron chi connectivity index (χ3n) is 3.88. The Morgan fingerprint density at radius 3 is 2.10 bits per heavy atom. The van der Waals surface area contributed by atoms with E-state index in [0.29, 0.717) is 0 Å². The second-order valence-electron chi connectivity index (χ2n) is 5.30. The molecule has 1 saturated heterocycles. The summed E-state index contributed by atoms with van der Waals surface area (Å²) in [6.07, 6.45) is 2.50. The summed E-state index contributed by atoms with van der Waals surface area (Å²) < 4.78 is 66.6. The molecule has 0 aromatic heterocycles. The van der Waals surface area contributed by atoms with Gasteiger partial charge in [-0.1, -0.05) is 0 Å². The highest BCUT2D eigenvalue weighted by Crippen LogP contribution is 2.25. The average Bonchev–Trinajstić information content (AvgIpc) is 2.76. The van der Waals surface area contributed by atoms with Gasteiger partial charge >= 0.3 is 0 Å². The molecular formula is C14H17F5N2. The van der Waals surface area contributed by atoms with Crippen molar-refractivity contribution < 1.29 is 22.0 Å². The van der Waals surface area contributed by atoms with E-state index in [2.05, 4.69) is 5.32 Å². The first-order chi connectivity index (χ1) is 9.93. The van der Waals surface area contributed by atoms with Gasteiger partial charge in [-0.15, -0.1) is 0 Å². The summed E-state index contributed by atoms with van der Waals surface area (Å²) in [7, 11) is 1.63. The molecule has 1 aliphatic heterocycles. The van der Waals surface area contributed by atoms with Crippen LogP contribution < -0.4 is 5.32 Å². The lowest BCUT2D eigenvalue weighted by atomic mass is 10.1. The maximum atomic E-state index is 13.7. The minimum absolute atomic E-state index is 0.0509. The van der Waals surface area contributed by atoms with E-state index in [1.165, 1.54) is 0 Å². The molecule has 0 saturated carbocycles. The van der Waals surface area contributed by atoms with Crippen LogP contribution in [0, 0.1) is 29.1 Å². The lowest BCUT2D eigenvalue weighted by molar-refractivity contribution is 0.208. The molecule has 21 heavy (non-hydrogen) atoms. The van der Waals surface area contributed by atoms with Crippen molar-refractivity contribution in [2.45, 2.75) is 31.8 Å². The molecule has 1 aromatic rings. The van der Waals surface area contributed by atoms with E-state index >= 15 is 0 Å². The normalized spacial score (nSPS) is 19.9. The van der Waals surface area contributed by atoms with Crippen LogP contribution >= 0.6 is 0 Å². The van der Waals surface area contributed by atoms with Gasteiger partial charge in [-0.3, -0.25) is 4.90 Å². The van der Waals surface area contributed by atoms with Gasteiger partial charge in [-0.05, 0) is 39.4 Å². The highest BCUT2D eigenvalue weighted by atomic mass is 19.2. The molecule has 1 atom stereocenters. The van der Waals surface area contributed by atoms with Crippen LogP contribution in [0.3, 0.4) is 0 Å². The van der Waals surface area contributed by atoms with E-state index in [1.54, 1.807) is 11.9 Å². The number of rotatable bonds is 3. The predicted molar refractivity (Wildman–Crippen MR) is 68.2 cm³/mol. The molecule has 1 fully saturated rings. The Morgan fingerprint density at radius 1 is 0.905 bits per heavy atom. The molecule has 1 aliphatic rings. The van der Waals surface area contributed by atoms with Crippen LogP contribution in [0.4, 0.5) is 22.0 Å². The minimum atomic E-state index is -2.12. The smallest absolute Gasteiger partial charge is 0.200 e. The summed E-state index contributed by atoms with van der Waals surface area (Å²) in [5, 5.41) is 3.20. The standard InChI is InChI=1S/C14H17F5N2/c1-21(8-3-2-5-20-6-4-8)7-9-10(15)12(17)14(19)13(18)11(9)16/h8,20H,2-7H2,1H3. The first-order valence-corrected chi connectivity index (χ1v) is 6.84. The van der Waals surface area contributed by atoms with Crippen LogP contribution in [0.15, 0.2) is 0 Å². The van der Waals surface area contributed by atoms with Crippen LogP contribution in [0.2, 0.25) is 0 Å². The quantitative estimate of drug-likeness (QED) is 0.525. The number of halogens is 5. The van der Waals surface area contributed by atoms with Gasteiger partial charge in [0.2, 0.25) is 5.82 Å². The Morgan fingerprint density at radius 2 is 1.48 bits per heavy atom. The van der Waals surface area contributed by atoms with E-state index in [1.807, 2.05) is 0 Å². The van der Waals surface area contributed by atoms with Gasteiger partial charge in [-0.25, -0.2) is 22.0 Å². The van der Waals surface area contributed by atoms with Crippen LogP contribution in [0.25, 0.3) is 0 Å². The summed E-state index contributed by atoms with van der Waals surface area (Å²) in [5.74, 6) is -9.38. The van der Waals surface area contributed by atoms with Gasteiger partial charge in [0.05, 0.1) is 0 Å². The fraction of sp³-hybridized carbons (Fsp3) is 0.571. The number of nitrogens with one attached hydrogen (secondary N) is 1. The molecule has 0 radical (unpaired) electrons.